The molecule has 1 N–H and O–H groups in total. The first kappa shape index (κ1) is 28.9. The van der Waals surface area contributed by atoms with Crippen molar-refractivity contribution in [2.45, 2.75) is 37.3 Å². The lowest BCUT2D eigenvalue weighted by atomic mass is 9.80. The molecule has 0 spiro atoms. The first-order valence-electron chi connectivity index (χ1n) is 13.4. The highest BCUT2D eigenvalue weighted by Crippen LogP contribution is 2.39. The molecule has 2 fully saturated rings. The number of likely N-dealkylation sites (tertiary alicyclic amines) is 1. The quantitative estimate of drug-likeness (QED) is 0.340. The molecule has 0 bridgehead atoms. The topological polar surface area (TPSA) is 61.9 Å². The second-order valence-corrected chi connectivity index (χ2v) is 11.8. The van der Waals surface area contributed by atoms with E-state index in [1.54, 1.807) is 30.0 Å². The number of halogens is 3. The van der Waals surface area contributed by atoms with E-state index in [-0.39, 0.29) is 24.0 Å². The number of nitrogens with one attached hydrogen (secondary N) is 1. The largest absolute Gasteiger partial charge is 0.359 e. The Hall–Kier alpha value is -2.61. The number of nitrogens with zero attached hydrogens (tertiary/aromatic N) is 2. The van der Waals surface area contributed by atoms with Crippen LogP contribution in [0, 0.1) is 0 Å². The lowest BCUT2D eigenvalue weighted by Gasteiger charge is -2.46. The van der Waals surface area contributed by atoms with Crippen molar-refractivity contribution in [2.24, 2.45) is 0 Å². The molecule has 0 aliphatic carbocycles. The normalized spacial score (nSPS) is 21.3. The number of carbonyl (C=O) groups excluding carboxylic acids is 2. The summed E-state index contributed by atoms with van der Waals surface area (Å²) in [7, 11) is 0. The molecule has 0 saturated carbocycles. The zero-order chi connectivity index (χ0) is 28.3. The van der Waals surface area contributed by atoms with Gasteiger partial charge in [0.1, 0.15) is 12.2 Å². The van der Waals surface area contributed by atoms with Crippen LogP contribution in [0.4, 0.5) is 5.69 Å². The number of rotatable bonds is 7. The number of ether oxygens (including phenoxy) is 1. The summed E-state index contributed by atoms with van der Waals surface area (Å²) >= 11 is 18.8. The molecule has 6 nitrogen and oxygen atoms in total. The maximum Gasteiger partial charge on any atom is 0.253 e. The van der Waals surface area contributed by atoms with Crippen molar-refractivity contribution in [2.75, 3.05) is 37.7 Å². The van der Waals surface area contributed by atoms with Gasteiger partial charge >= 0.3 is 0 Å². The lowest BCUT2D eigenvalue weighted by Crippen LogP contribution is -2.55. The van der Waals surface area contributed by atoms with Crippen molar-refractivity contribution >= 4 is 52.3 Å². The number of carbonyl (C=O) groups is 2. The highest BCUT2D eigenvalue weighted by atomic mass is 35.5. The van der Waals surface area contributed by atoms with Crippen molar-refractivity contribution < 1.29 is 14.3 Å². The standard InChI is InChI=1S/C31H32Cl3N3O3/c1-22(38)35-30(23-5-3-2-4-6-23)13-16-36(17-14-30)18-15-31(24-7-12-27(33)28(34)19-24)21-37(29(39)20-40-31)26-10-8-25(32)9-11-26/h2-12,19H,13-18,20-21H2,1H3,(H,35,38). The van der Waals surface area contributed by atoms with Crippen LogP contribution in [-0.2, 0) is 25.5 Å². The molecule has 1 atom stereocenters. The smallest absolute Gasteiger partial charge is 0.253 e. The second-order valence-electron chi connectivity index (χ2n) is 10.6. The van der Waals surface area contributed by atoms with E-state index < -0.39 is 5.60 Å². The molecule has 1 unspecified atom stereocenters. The van der Waals surface area contributed by atoms with Gasteiger partial charge in [0.15, 0.2) is 0 Å². The van der Waals surface area contributed by atoms with Gasteiger partial charge in [-0.2, -0.15) is 0 Å². The van der Waals surface area contributed by atoms with Crippen LogP contribution in [0.15, 0.2) is 72.8 Å². The SMILES string of the molecule is CC(=O)NC1(c2ccccc2)CCN(CCC2(c3ccc(Cl)c(Cl)c3)CN(c3ccc(Cl)cc3)C(=O)CO2)CC1. The molecule has 9 heteroatoms. The fraction of sp³-hybridized carbons (Fsp3) is 0.355. The second kappa shape index (κ2) is 12.1. The number of morpholine rings is 1. The summed E-state index contributed by atoms with van der Waals surface area (Å²) in [6, 6.07) is 23.0. The van der Waals surface area contributed by atoms with Gasteiger partial charge in [-0.25, -0.2) is 0 Å². The number of anilines is 1. The summed E-state index contributed by atoms with van der Waals surface area (Å²) < 4.78 is 6.39. The van der Waals surface area contributed by atoms with Gasteiger partial charge in [-0.05, 0) is 66.8 Å². The van der Waals surface area contributed by atoms with Crippen LogP contribution in [0.25, 0.3) is 0 Å². The Bertz CT molecular complexity index is 1360. The summed E-state index contributed by atoms with van der Waals surface area (Å²) in [5.41, 5.74) is 1.60. The monoisotopic (exact) mass is 599 g/mol. The van der Waals surface area contributed by atoms with Gasteiger partial charge in [0.05, 0.1) is 22.1 Å². The fourth-order valence-electron chi connectivity index (χ4n) is 5.85. The van der Waals surface area contributed by atoms with Crippen LogP contribution in [-0.4, -0.2) is 49.5 Å². The average molecular weight is 601 g/mol. The number of hydrogen-bond donors (Lipinski definition) is 1. The van der Waals surface area contributed by atoms with Crippen LogP contribution in [0.3, 0.4) is 0 Å². The maximum atomic E-state index is 13.0. The molecule has 3 aromatic rings. The third-order valence-electron chi connectivity index (χ3n) is 8.05. The van der Waals surface area contributed by atoms with E-state index >= 15 is 0 Å². The van der Waals surface area contributed by atoms with E-state index in [0.29, 0.717) is 28.0 Å². The highest BCUT2D eigenvalue weighted by molar-refractivity contribution is 6.42. The number of benzene rings is 3. The molecule has 210 valence electrons. The maximum absolute atomic E-state index is 13.0. The molecular weight excluding hydrogens is 569 g/mol. The Kier molecular flexibility index (Phi) is 8.74. The minimum Gasteiger partial charge on any atom is -0.359 e. The first-order chi connectivity index (χ1) is 19.2. The minimum absolute atomic E-state index is 0.0292. The molecule has 2 saturated heterocycles. The Balaban J connectivity index is 1.37. The number of amides is 2. The van der Waals surface area contributed by atoms with Crippen LogP contribution in [0.5, 0.6) is 0 Å². The Labute approximate surface area is 250 Å². The van der Waals surface area contributed by atoms with Gasteiger partial charge in [-0.1, -0.05) is 71.2 Å². The van der Waals surface area contributed by atoms with Crippen molar-refractivity contribution in [3.63, 3.8) is 0 Å². The lowest BCUT2D eigenvalue weighted by molar-refractivity contribution is -0.141. The van der Waals surface area contributed by atoms with Crippen molar-refractivity contribution in [3.8, 4) is 0 Å². The summed E-state index contributed by atoms with van der Waals surface area (Å²) in [6.07, 6.45) is 2.24. The zero-order valence-corrected chi connectivity index (χ0v) is 24.6. The predicted molar refractivity (Wildman–Crippen MR) is 160 cm³/mol. The van der Waals surface area contributed by atoms with E-state index in [9.17, 15) is 9.59 Å². The summed E-state index contributed by atoms with van der Waals surface area (Å²) in [5.74, 6) is -0.141. The van der Waals surface area contributed by atoms with E-state index in [1.807, 2.05) is 42.5 Å². The highest BCUT2D eigenvalue weighted by Gasteiger charge is 2.43. The van der Waals surface area contributed by atoms with Crippen LogP contribution in [0.1, 0.15) is 37.3 Å². The minimum atomic E-state index is -0.784. The molecular formula is C31H32Cl3N3O3. The molecule has 3 aromatic carbocycles. The summed E-state index contributed by atoms with van der Waals surface area (Å²) in [6.45, 7) is 4.22. The Morgan fingerprint density at radius 1 is 0.925 bits per heavy atom. The number of piperidine rings is 1. The molecule has 0 radical (unpaired) electrons. The summed E-state index contributed by atoms with van der Waals surface area (Å²) in [5, 5.41) is 4.76. The van der Waals surface area contributed by atoms with E-state index in [0.717, 1.165) is 49.3 Å². The zero-order valence-electron chi connectivity index (χ0n) is 22.3. The van der Waals surface area contributed by atoms with E-state index in [1.165, 1.54) is 0 Å². The van der Waals surface area contributed by atoms with Gasteiger partial charge in [-0.15, -0.1) is 0 Å². The van der Waals surface area contributed by atoms with Gasteiger partial charge in [-0.3, -0.25) is 9.59 Å². The summed E-state index contributed by atoms with van der Waals surface area (Å²) in [4.78, 5) is 29.3. The van der Waals surface area contributed by atoms with Crippen LogP contribution in [0.2, 0.25) is 15.1 Å². The van der Waals surface area contributed by atoms with Crippen molar-refractivity contribution in [3.05, 3.63) is 99.0 Å². The molecule has 2 aliphatic rings. The molecule has 2 aliphatic heterocycles. The van der Waals surface area contributed by atoms with Crippen LogP contribution >= 0.6 is 34.8 Å². The molecule has 5 rings (SSSR count). The average Bonchev–Trinajstić information content (AvgIpc) is 2.96. The Morgan fingerprint density at radius 3 is 2.27 bits per heavy atom. The van der Waals surface area contributed by atoms with E-state index in [2.05, 4.69) is 22.3 Å². The Morgan fingerprint density at radius 2 is 1.62 bits per heavy atom. The first-order valence-corrected chi connectivity index (χ1v) is 14.6. The number of hydrogen-bond acceptors (Lipinski definition) is 4. The van der Waals surface area contributed by atoms with Crippen molar-refractivity contribution in [1.29, 1.82) is 0 Å². The third-order valence-corrected chi connectivity index (χ3v) is 9.04. The third kappa shape index (κ3) is 6.17. The fourth-order valence-corrected chi connectivity index (χ4v) is 6.27. The van der Waals surface area contributed by atoms with Crippen LogP contribution < -0.4 is 10.2 Å². The molecule has 2 heterocycles. The van der Waals surface area contributed by atoms with Gasteiger partial charge in [0.25, 0.3) is 5.91 Å². The van der Waals surface area contributed by atoms with E-state index in [4.69, 9.17) is 39.5 Å². The van der Waals surface area contributed by atoms with Gasteiger partial charge < -0.3 is 19.9 Å². The molecule has 2 amide bonds. The molecule has 40 heavy (non-hydrogen) atoms. The van der Waals surface area contributed by atoms with Gasteiger partial charge in [0.2, 0.25) is 5.91 Å². The van der Waals surface area contributed by atoms with Gasteiger partial charge in [0, 0.05) is 37.3 Å². The van der Waals surface area contributed by atoms with Crippen molar-refractivity contribution in [1.82, 2.24) is 10.2 Å². The molecule has 0 aromatic heterocycles. The predicted octanol–water partition coefficient (Wildman–Crippen LogP) is 6.42.